The lowest BCUT2D eigenvalue weighted by Crippen LogP contribution is -2.50. The summed E-state index contributed by atoms with van der Waals surface area (Å²) in [6.45, 7) is 12.2. The topological polar surface area (TPSA) is 49.9 Å². The maximum Gasteiger partial charge on any atom is 0.223 e. The first-order valence-electron chi connectivity index (χ1n) is 9.20. The summed E-state index contributed by atoms with van der Waals surface area (Å²) >= 11 is 0. The van der Waals surface area contributed by atoms with Crippen molar-refractivity contribution in [3.05, 3.63) is 29.3 Å². The third-order valence-corrected chi connectivity index (χ3v) is 4.76. The van der Waals surface area contributed by atoms with Gasteiger partial charge in [-0.25, -0.2) is 0 Å². The molecule has 0 bridgehead atoms. The summed E-state index contributed by atoms with van der Waals surface area (Å²) in [6, 6.07) is 5.98. The molecule has 0 atom stereocenters. The minimum absolute atomic E-state index is 0.0142. The summed E-state index contributed by atoms with van der Waals surface area (Å²) in [5.41, 5.74) is 1.60. The first-order chi connectivity index (χ1) is 11.9. The van der Waals surface area contributed by atoms with Crippen LogP contribution in [0.2, 0.25) is 0 Å². The van der Waals surface area contributed by atoms with Gasteiger partial charge in [0.05, 0.1) is 6.61 Å². The Morgan fingerprint density at radius 2 is 1.80 bits per heavy atom. The second-order valence-electron chi connectivity index (χ2n) is 6.85. The van der Waals surface area contributed by atoms with Crippen molar-refractivity contribution in [2.75, 3.05) is 32.8 Å². The highest BCUT2D eigenvalue weighted by Crippen LogP contribution is 2.20. The molecule has 0 N–H and O–H groups in total. The molecule has 0 spiro atoms. The van der Waals surface area contributed by atoms with E-state index >= 15 is 0 Å². The molecule has 1 saturated heterocycles. The Hall–Kier alpha value is -1.88. The number of amides is 1. The molecule has 5 heteroatoms. The van der Waals surface area contributed by atoms with Gasteiger partial charge in [-0.3, -0.25) is 14.5 Å². The van der Waals surface area contributed by atoms with Crippen LogP contribution in [-0.2, 0) is 4.79 Å². The van der Waals surface area contributed by atoms with Crippen molar-refractivity contribution in [3.63, 3.8) is 0 Å². The summed E-state index contributed by atoms with van der Waals surface area (Å²) in [6.07, 6.45) is 0.545. The van der Waals surface area contributed by atoms with Gasteiger partial charge in [0.1, 0.15) is 5.75 Å². The van der Waals surface area contributed by atoms with E-state index in [9.17, 15) is 9.59 Å². The van der Waals surface area contributed by atoms with Crippen molar-refractivity contribution in [2.45, 2.75) is 46.6 Å². The standard InChI is InChI=1S/C20H30N2O3/c1-5-25-19-8-6-17(14-16(19)4)18(23)7-9-20(24)22-12-10-21(11-13-22)15(2)3/h6,8,14-15H,5,7,9-13H2,1-4H3. The Morgan fingerprint density at radius 3 is 2.36 bits per heavy atom. The van der Waals surface area contributed by atoms with Crippen molar-refractivity contribution in [3.8, 4) is 5.75 Å². The predicted octanol–water partition coefficient (Wildman–Crippen LogP) is 2.91. The van der Waals surface area contributed by atoms with Crippen molar-refractivity contribution >= 4 is 11.7 Å². The zero-order valence-corrected chi connectivity index (χ0v) is 15.9. The number of Topliss-reactive ketones (excluding diaryl/α,β-unsaturated/α-hetero) is 1. The first kappa shape index (κ1) is 19.4. The molecular weight excluding hydrogens is 316 g/mol. The van der Waals surface area contributed by atoms with E-state index in [1.54, 1.807) is 6.07 Å². The average molecular weight is 346 g/mol. The number of benzene rings is 1. The molecule has 0 radical (unpaired) electrons. The molecule has 1 aliphatic heterocycles. The summed E-state index contributed by atoms with van der Waals surface area (Å²) < 4.78 is 5.50. The van der Waals surface area contributed by atoms with Crippen LogP contribution >= 0.6 is 0 Å². The smallest absolute Gasteiger partial charge is 0.223 e. The lowest BCUT2D eigenvalue weighted by molar-refractivity contribution is -0.133. The molecule has 2 rings (SSSR count). The quantitative estimate of drug-likeness (QED) is 0.712. The van der Waals surface area contributed by atoms with Gasteiger partial charge in [0.2, 0.25) is 5.91 Å². The molecule has 1 aromatic carbocycles. The fraction of sp³-hybridized carbons (Fsp3) is 0.600. The Bertz CT molecular complexity index is 605. The van der Waals surface area contributed by atoms with Crippen molar-refractivity contribution in [1.29, 1.82) is 0 Å². The number of aryl methyl sites for hydroxylation is 1. The van der Waals surface area contributed by atoms with Crippen molar-refractivity contribution < 1.29 is 14.3 Å². The zero-order chi connectivity index (χ0) is 18.4. The van der Waals surface area contributed by atoms with Gasteiger partial charge in [0, 0.05) is 50.6 Å². The van der Waals surface area contributed by atoms with E-state index in [1.807, 2.05) is 30.9 Å². The maximum atomic E-state index is 12.4. The van der Waals surface area contributed by atoms with E-state index in [2.05, 4.69) is 18.7 Å². The zero-order valence-electron chi connectivity index (χ0n) is 15.9. The van der Waals surface area contributed by atoms with Crippen LogP contribution in [0.1, 0.15) is 49.5 Å². The number of nitrogens with zero attached hydrogens (tertiary/aromatic N) is 2. The first-order valence-corrected chi connectivity index (χ1v) is 9.20. The lowest BCUT2D eigenvalue weighted by Gasteiger charge is -2.37. The molecule has 0 aliphatic carbocycles. The van der Waals surface area contributed by atoms with Crippen LogP contribution in [-0.4, -0.2) is 60.3 Å². The normalized spacial score (nSPS) is 15.5. The number of hydrogen-bond donors (Lipinski definition) is 0. The summed E-state index contributed by atoms with van der Waals surface area (Å²) in [4.78, 5) is 29.0. The predicted molar refractivity (Wildman–Crippen MR) is 99.2 cm³/mol. The molecule has 25 heavy (non-hydrogen) atoms. The van der Waals surface area contributed by atoms with Gasteiger partial charge in [0.25, 0.3) is 0 Å². The molecule has 0 unspecified atom stereocenters. The third kappa shape index (κ3) is 5.30. The van der Waals surface area contributed by atoms with Gasteiger partial charge in [-0.1, -0.05) is 0 Å². The number of ketones is 1. The Balaban J connectivity index is 1.83. The molecule has 1 amide bonds. The van der Waals surface area contributed by atoms with Crippen LogP contribution in [0.15, 0.2) is 18.2 Å². The minimum atomic E-state index is 0.0142. The number of rotatable bonds is 7. The monoisotopic (exact) mass is 346 g/mol. The van der Waals surface area contributed by atoms with Crippen LogP contribution < -0.4 is 4.74 Å². The molecule has 0 saturated carbocycles. The third-order valence-electron chi connectivity index (χ3n) is 4.76. The fourth-order valence-electron chi connectivity index (χ4n) is 3.15. The summed E-state index contributed by atoms with van der Waals surface area (Å²) in [5.74, 6) is 0.901. The van der Waals surface area contributed by atoms with Gasteiger partial charge in [-0.15, -0.1) is 0 Å². The minimum Gasteiger partial charge on any atom is -0.494 e. The number of ether oxygens (including phenoxy) is 1. The highest BCUT2D eigenvalue weighted by atomic mass is 16.5. The van der Waals surface area contributed by atoms with Crippen molar-refractivity contribution in [1.82, 2.24) is 9.80 Å². The maximum absolute atomic E-state index is 12.4. The Kier molecular flexibility index (Phi) is 7.00. The largest absolute Gasteiger partial charge is 0.494 e. The molecule has 1 heterocycles. The van der Waals surface area contributed by atoms with Crippen LogP contribution in [0, 0.1) is 6.92 Å². The van der Waals surface area contributed by atoms with E-state index in [-0.39, 0.29) is 24.5 Å². The number of hydrogen-bond acceptors (Lipinski definition) is 4. The van der Waals surface area contributed by atoms with Gasteiger partial charge in [0.15, 0.2) is 5.78 Å². The molecular formula is C20H30N2O3. The molecule has 1 aromatic rings. The molecule has 1 fully saturated rings. The second kappa shape index (κ2) is 8.99. The van der Waals surface area contributed by atoms with E-state index in [4.69, 9.17) is 4.74 Å². The van der Waals surface area contributed by atoms with Gasteiger partial charge in [-0.05, 0) is 51.5 Å². The summed E-state index contributed by atoms with van der Waals surface area (Å²) in [7, 11) is 0. The Labute approximate surface area is 150 Å². The van der Waals surface area contributed by atoms with Crippen molar-refractivity contribution in [2.24, 2.45) is 0 Å². The molecule has 5 nitrogen and oxygen atoms in total. The molecule has 138 valence electrons. The van der Waals surface area contributed by atoms with E-state index < -0.39 is 0 Å². The highest BCUT2D eigenvalue weighted by Gasteiger charge is 2.22. The fourth-order valence-corrected chi connectivity index (χ4v) is 3.15. The van der Waals surface area contributed by atoms with Gasteiger partial charge >= 0.3 is 0 Å². The lowest BCUT2D eigenvalue weighted by atomic mass is 10.0. The average Bonchev–Trinajstić information content (AvgIpc) is 2.61. The van der Waals surface area contributed by atoms with Gasteiger partial charge in [-0.2, -0.15) is 0 Å². The van der Waals surface area contributed by atoms with E-state index in [0.29, 0.717) is 18.2 Å². The van der Waals surface area contributed by atoms with Crippen LogP contribution in [0.25, 0.3) is 0 Å². The van der Waals surface area contributed by atoms with E-state index in [0.717, 1.165) is 37.5 Å². The SMILES string of the molecule is CCOc1ccc(C(=O)CCC(=O)N2CCN(C(C)C)CC2)cc1C. The highest BCUT2D eigenvalue weighted by molar-refractivity contribution is 5.98. The number of piperazine rings is 1. The van der Waals surface area contributed by atoms with E-state index in [1.165, 1.54) is 0 Å². The number of carbonyl (C=O) groups is 2. The van der Waals surface area contributed by atoms with Crippen LogP contribution in [0.5, 0.6) is 5.75 Å². The number of carbonyl (C=O) groups excluding carboxylic acids is 2. The van der Waals surface area contributed by atoms with Crippen LogP contribution in [0.3, 0.4) is 0 Å². The van der Waals surface area contributed by atoms with Crippen LogP contribution in [0.4, 0.5) is 0 Å². The van der Waals surface area contributed by atoms with Gasteiger partial charge < -0.3 is 9.64 Å². The molecule has 1 aliphatic rings. The summed E-state index contributed by atoms with van der Waals surface area (Å²) in [5, 5.41) is 0. The molecule has 0 aromatic heterocycles. The second-order valence-corrected chi connectivity index (χ2v) is 6.85. The Morgan fingerprint density at radius 1 is 1.12 bits per heavy atom.